The predicted molar refractivity (Wildman–Crippen MR) is 71.7 cm³/mol. The highest BCUT2D eigenvalue weighted by atomic mass is 35.5. The van der Waals surface area contributed by atoms with Crippen LogP contribution in [0.2, 0.25) is 0 Å². The molecule has 1 aromatic carbocycles. The molecule has 1 aromatic heterocycles. The Morgan fingerprint density at radius 1 is 1.32 bits per heavy atom. The summed E-state index contributed by atoms with van der Waals surface area (Å²) in [4.78, 5) is 14.4. The van der Waals surface area contributed by atoms with Crippen LogP contribution in [0.15, 0.2) is 36.7 Å². The zero-order valence-electron chi connectivity index (χ0n) is 10.2. The number of aromatic nitrogens is 1. The Bertz CT molecular complexity index is 617. The zero-order valence-corrected chi connectivity index (χ0v) is 10.9. The van der Waals surface area contributed by atoms with E-state index in [9.17, 15) is 10.1 Å². The van der Waals surface area contributed by atoms with Gasteiger partial charge in [0.25, 0.3) is 5.69 Å². The number of hydrogen-bond acceptors (Lipinski definition) is 4. The number of pyridine rings is 1. The van der Waals surface area contributed by atoms with E-state index >= 15 is 0 Å². The fourth-order valence-electron chi connectivity index (χ4n) is 1.58. The lowest BCUT2D eigenvalue weighted by Crippen LogP contribution is -1.93. The molecule has 5 nitrogen and oxygen atoms in total. The molecule has 0 aliphatic rings. The molecule has 19 heavy (non-hydrogen) atoms. The van der Waals surface area contributed by atoms with Crippen LogP contribution in [-0.4, -0.2) is 9.91 Å². The van der Waals surface area contributed by atoms with Gasteiger partial charge in [0.15, 0.2) is 0 Å². The number of rotatable bonds is 4. The molecular formula is C13H11ClN2O3. The van der Waals surface area contributed by atoms with E-state index in [1.165, 1.54) is 12.3 Å². The van der Waals surface area contributed by atoms with Gasteiger partial charge in [-0.2, -0.15) is 0 Å². The summed E-state index contributed by atoms with van der Waals surface area (Å²) in [6.45, 7) is 1.68. The van der Waals surface area contributed by atoms with E-state index in [1.807, 2.05) is 0 Å². The quantitative estimate of drug-likeness (QED) is 0.484. The minimum absolute atomic E-state index is 0.0268. The summed E-state index contributed by atoms with van der Waals surface area (Å²) in [7, 11) is 0. The van der Waals surface area contributed by atoms with Gasteiger partial charge in [-0.15, -0.1) is 11.6 Å². The van der Waals surface area contributed by atoms with Crippen molar-refractivity contribution in [2.75, 3.05) is 0 Å². The van der Waals surface area contributed by atoms with Crippen LogP contribution in [0.5, 0.6) is 11.5 Å². The smallest absolute Gasteiger partial charge is 0.276 e. The predicted octanol–water partition coefficient (Wildman–Crippen LogP) is 3.83. The van der Waals surface area contributed by atoms with Gasteiger partial charge < -0.3 is 4.74 Å². The van der Waals surface area contributed by atoms with Gasteiger partial charge in [0.2, 0.25) is 0 Å². The fourth-order valence-corrected chi connectivity index (χ4v) is 1.72. The number of ether oxygens (including phenoxy) is 1. The molecule has 6 heteroatoms. The molecule has 0 unspecified atom stereocenters. The summed E-state index contributed by atoms with van der Waals surface area (Å²) in [5.41, 5.74) is 1.43. The van der Waals surface area contributed by atoms with Crippen molar-refractivity contribution in [3.63, 3.8) is 0 Å². The van der Waals surface area contributed by atoms with Crippen molar-refractivity contribution < 1.29 is 9.66 Å². The average Bonchev–Trinajstić information content (AvgIpc) is 2.41. The van der Waals surface area contributed by atoms with Crippen molar-refractivity contribution in [1.82, 2.24) is 4.98 Å². The van der Waals surface area contributed by atoms with Crippen molar-refractivity contribution in [3.8, 4) is 11.5 Å². The number of halogens is 1. The average molecular weight is 279 g/mol. The second-order valence-electron chi connectivity index (χ2n) is 3.97. The molecule has 0 atom stereocenters. The lowest BCUT2D eigenvalue weighted by molar-refractivity contribution is -0.385. The SMILES string of the molecule is Cc1ccc(Oc2cncc(CCl)c2)cc1[N+](=O)[O-]. The van der Waals surface area contributed by atoms with Gasteiger partial charge in [-0.25, -0.2) is 0 Å². The van der Waals surface area contributed by atoms with Crippen LogP contribution in [0.1, 0.15) is 11.1 Å². The van der Waals surface area contributed by atoms with Crippen molar-refractivity contribution in [2.24, 2.45) is 0 Å². The molecule has 0 saturated heterocycles. The lowest BCUT2D eigenvalue weighted by atomic mass is 10.2. The first-order chi connectivity index (χ1) is 9.10. The minimum Gasteiger partial charge on any atom is -0.455 e. The minimum atomic E-state index is -0.435. The Labute approximate surface area is 115 Å². The van der Waals surface area contributed by atoms with Gasteiger partial charge in [0.05, 0.1) is 17.2 Å². The molecule has 0 spiro atoms. The maximum absolute atomic E-state index is 10.8. The molecule has 98 valence electrons. The number of nitro benzene ring substituents is 1. The maximum atomic E-state index is 10.8. The summed E-state index contributed by atoms with van der Waals surface area (Å²) >= 11 is 5.70. The Morgan fingerprint density at radius 3 is 2.79 bits per heavy atom. The highest BCUT2D eigenvalue weighted by Gasteiger charge is 2.12. The largest absolute Gasteiger partial charge is 0.455 e. The first-order valence-corrected chi connectivity index (χ1v) is 6.06. The van der Waals surface area contributed by atoms with Crippen molar-refractivity contribution in [3.05, 3.63) is 57.9 Å². The summed E-state index contributed by atoms with van der Waals surface area (Å²) in [5, 5.41) is 10.8. The molecule has 0 N–H and O–H groups in total. The number of nitro groups is 1. The standard InChI is InChI=1S/C13H11ClN2O3/c1-9-2-3-11(5-13(9)16(17)18)19-12-4-10(6-14)7-15-8-12/h2-5,7-8H,6H2,1H3. The van der Waals surface area contributed by atoms with E-state index in [1.54, 1.807) is 31.3 Å². The Kier molecular flexibility index (Phi) is 3.97. The first-order valence-electron chi connectivity index (χ1n) is 5.53. The van der Waals surface area contributed by atoms with Crippen molar-refractivity contribution >= 4 is 17.3 Å². The van der Waals surface area contributed by atoms with E-state index in [4.69, 9.17) is 16.3 Å². The van der Waals surface area contributed by atoms with Crippen LogP contribution in [0.3, 0.4) is 0 Å². The number of aryl methyl sites for hydroxylation is 1. The second-order valence-corrected chi connectivity index (χ2v) is 4.24. The van der Waals surface area contributed by atoms with Gasteiger partial charge in [-0.05, 0) is 30.7 Å². The lowest BCUT2D eigenvalue weighted by Gasteiger charge is -2.07. The van der Waals surface area contributed by atoms with Crippen LogP contribution in [0.25, 0.3) is 0 Å². The van der Waals surface area contributed by atoms with Crippen LogP contribution < -0.4 is 4.74 Å². The van der Waals surface area contributed by atoms with Crippen LogP contribution >= 0.6 is 11.6 Å². The summed E-state index contributed by atoms with van der Waals surface area (Å²) in [5.74, 6) is 1.22. The molecule has 0 aliphatic heterocycles. The summed E-state index contributed by atoms with van der Waals surface area (Å²) in [6, 6.07) is 6.45. The molecule has 2 aromatic rings. The molecule has 2 rings (SSSR count). The van der Waals surface area contributed by atoms with E-state index in [0.717, 1.165) is 5.56 Å². The topological polar surface area (TPSA) is 65.3 Å². The molecule has 0 bridgehead atoms. The fraction of sp³-hybridized carbons (Fsp3) is 0.154. The third kappa shape index (κ3) is 3.20. The number of alkyl halides is 1. The third-order valence-corrected chi connectivity index (χ3v) is 2.85. The Balaban J connectivity index is 2.28. The monoisotopic (exact) mass is 278 g/mol. The summed E-state index contributed by atoms with van der Waals surface area (Å²) < 4.78 is 5.54. The van der Waals surface area contributed by atoms with Crippen molar-refractivity contribution in [2.45, 2.75) is 12.8 Å². The Morgan fingerprint density at radius 2 is 2.11 bits per heavy atom. The molecule has 0 saturated carbocycles. The first kappa shape index (κ1) is 13.3. The molecule has 0 fully saturated rings. The molecule has 0 radical (unpaired) electrons. The number of hydrogen-bond donors (Lipinski definition) is 0. The number of benzene rings is 1. The van der Waals surface area contributed by atoms with Gasteiger partial charge in [0, 0.05) is 17.6 Å². The van der Waals surface area contributed by atoms with Gasteiger partial charge in [0.1, 0.15) is 11.5 Å². The van der Waals surface area contributed by atoms with Gasteiger partial charge in [-0.1, -0.05) is 0 Å². The Hall–Kier alpha value is -2.14. The molecule has 0 amide bonds. The van der Waals surface area contributed by atoms with Gasteiger partial charge in [-0.3, -0.25) is 15.1 Å². The van der Waals surface area contributed by atoms with Gasteiger partial charge >= 0.3 is 0 Å². The van der Waals surface area contributed by atoms with Crippen molar-refractivity contribution in [1.29, 1.82) is 0 Å². The van der Waals surface area contributed by atoms with Crippen LogP contribution in [0, 0.1) is 17.0 Å². The highest BCUT2D eigenvalue weighted by molar-refractivity contribution is 6.17. The molecule has 1 heterocycles. The third-order valence-electron chi connectivity index (χ3n) is 2.54. The normalized spacial score (nSPS) is 10.2. The summed E-state index contributed by atoms with van der Waals surface area (Å²) in [6.07, 6.45) is 3.17. The van der Waals surface area contributed by atoms with E-state index in [2.05, 4.69) is 4.98 Å². The molecule has 0 aliphatic carbocycles. The second kappa shape index (κ2) is 5.67. The maximum Gasteiger partial charge on any atom is 0.276 e. The molecular weight excluding hydrogens is 268 g/mol. The van der Waals surface area contributed by atoms with Crippen LogP contribution in [0.4, 0.5) is 5.69 Å². The van der Waals surface area contributed by atoms with Crippen LogP contribution in [-0.2, 0) is 5.88 Å². The van der Waals surface area contributed by atoms with E-state index < -0.39 is 4.92 Å². The van der Waals surface area contributed by atoms with E-state index in [0.29, 0.717) is 22.9 Å². The van der Waals surface area contributed by atoms with E-state index in [-0.39, 0.29) is 5.69 Å². The zero-order chi connectivity index (χ0) is 13.8. The highest BCUT2D eigenvalue weighted by Crippen LogP contribution is 2.28. The number of nitrogens with zero attached hydrogens (tertiary/aromatic N) is 2.